The predicted octanol–water partition coefficient (Wildman–Crippen LogP) is 3.90. The molecular weight excluding hydrogens is 300 g/mol. The van der Waals surface area contributed by atoms with Gasteiger partial charge in [-0.1, -0.05) is 27.3 Å². The molecule has 5 heteroatoms. The van der Waals surface area contributed by atoms with Gasteiger partial charge in [-0.05, 0) is 31.5 Å². The first kappa shape index (κ1) is 12.8. The molecule has 92 valence electrons. The maximum absolute atomic E-state index is 5.28. The van der Waals surface area contributed by atoms with E-state index in [4.69, 9.17) is 4.74 Å². The summed E-state index contributed by atoms with van der Waals surface area (Å²) in [5.74, 6) is 0. The third kappa shape index (κ3) is 3.66. The van der Waals surface area contributed by atoms with Crippen LogP contribution in [-0.4, -0.2) is 24.7 Å². The monoisotopic (exact) mass is 314 g/mol. The largest absolute Gasteiger partial charge is 0.382 e. The highest BCUT2D eigenvalue weighted by molar-refractivity contribution is 9.10. The van der Waals surface area contributed by atoms with Gasteiger partial charge in [0.2, 0.25) is 0 Å². The van der Waals surface area contributed by atoms with Crippen LogP contribution in [0.5, 0.6) is 0 Å². The van der Waals surface area contributed by atoms with Crippen LogP contribution in [0.3, 0.4) is 0 Å². The van der Waals surface area contributed by atoms with Crippen molar-refractivity contribution in [3.8, 4) is 0 Å². The molecule has 17 heavy (non-hydrogen) atoms. The molecule has 3 nitrogen and oxygen atoms in total. The van der Waals surface area contributed by atoms with E-state index in [0.717, 1.165) is 41.3 Å². The summed E-state index contributed by atoms with van der Waals surface area (Å²) in [5, 5.41) is 4.31. The number of aromatic nitrogens is 1. The quantitative estimate of drug-likeness (QED) is 0.821. The number of nitrogens with zero attached hydrogens (tertiary/aromatic N) is 1. The van der Waals surface area contributed by atoms with E-state index in [1.807, 2.05) is 19.1 Å². The van der Waals surface area contributed by atoms with Gasteiger partial charge in [0.1, 0.15) is 0 Å². The maximum atomic E-state index is 5.28. The van der Waals surface area contributed by atoms with E-state index in [1.54, 1.807) is 11.3 Å². The molecule has 0 aliphatic carbocycles. The fourth-order valence-electron chi connectivity index (χ4n) is 1.49. The van der Waals surface area contributed by atoms with Gasteiger partial charge in [0.15, 0.2) is 5.13 Å². The smallest absolute Gasteiger partial charge is 0.183 e. The zero-order valence-corrected chi connectivity index (χ0v) is 12.1. The van der Waals surface area contributed by atoms with E-state index in [9.17, 15) is 0 Å². The highest BCUT2D eigenvalue weighted by Gasteiger charge is 2.03. The van der Waals surface area contributed by atoms with Crippen LogP contribution in [0.4, 0.5) is 5.13 Å². The van der Waals surface area contributed by atoms with Crippen LogP contribution in [0.15, 0.2) is 22.7 Å². The summed E-state index contributed by atoms with van der Waals surface area (Å²) in [7, 11) is 0. The lowest BCUT2D eigenvalue weighted by Gasteiger charge is -2.01. The van der Waals surface area contributed by atoms with Crippen molar-refractivity contribution in [1.82, 2.24) is 4.98 Å². The molecule has 0 radical (unpaired) electrons. The van der Waals surface area contributed by atoms with Gasteiger partial charge in [-0.25, -0.2) is 4.98 Å². The fraction of sp³-hybridized carbons (Fsp3) is 0.417. The van der Waals surface area contributed by atoms with Crippen molar-refractivity contribution >= 4 is 42.6 Å². The molecule has 1 heterocycles. The third-order valence-corrected chi connectivity index (χ3v) is 3.77. The Hall–Kier alpha value is -0.650. The number of hydrogen-bond donors (Lipinski definition) is 1. The minimum absolute atomic E-state index is 0.787. The van der Waals surface area contributed by atoms with Crippen molar-refractivity contribution < 1.29 is 4.74 Å². The molecule has 0 fully saturated rings. The number of thiazole rings is 1. The molecule has 2 aromatic rings. The Morgan fingerprint density at radius 1 is 1.47 bits per heavy atom. The van der Waals surface area contributed by atoms with Crippen molar-refractivity contribution in [2.24, 2.45) is 0 Å². The molecule has 1 aromatic heterocycles. The summed E-state index contributed by atoms with van der Waals surface area (Å²) in [5.41, 5.74) is 1.05. The number of fused-ring (bicyclic) bond motifs is 1. The Labute approximate surface area is 113 Å². The van der Waals surface area contributed by atoms with E-state index < -0.39 is 0 Å². The van der Waals surface area contributed by atoms with Crippen LogP contribution in [0, 0.1) is 0 Å². The van der Waals surface area contributed by atoms with Crippen molar-refractivity contribution in [1.29, 1.82) is 0 Å². The Morgan fingerprint density at radius 2 is 2.35 bits per heavy atom. The maximum Gasteiger partial charge on any atom is 0.183 e. The second kappa shape index (κ2) is 6.33. The fourth-order valence-corrected chi connectivity index (χ4v) is 2.93. The highest BCUT2D eigenvalue weighted by Crippen LogP contribution is 2.28. The zero-order chi connectivity index (χ0) is 12.1. The number of benzene rings is 1. The molecule has 0 amide bonds. The first-order valence-electron chi connectivity index (χ1n) is 5.67. The molecule has 0 aliphatic heterocycles. The van der Waals surface area contributed by atoms with Crippen LogP contribution < -0.4 is 5.32 Å². The lowest BCUT2D eigenvalue weighted by atomic mass is 10.3. The Balaban J connectivity index is 1.91. The second-order valence-electron chi connectivity index (χ2n) is 3.61. The standard InChI is InChI=1S/C12H15BrN2OS/c1-2-16-7-3-6-14-12-15-10-5-4-9(13)8-11(10)17-12/h4-5,8H,2-3,6-7H2,1H3,(H,14,15). The summed E-state index contributed by atoms with van der Waals surface area (Å²) in [4.78, 5) is 4.52. The van der Waals surface area contributed by atoms with Crippen LogP contribution in [0.2, 0.25) is 0 Å². The van der Waals surface area contributed by atoms with Gasteiger partial charge >= 0.3 is 0 Å². The molecule has 2 rings (SSSR count). The number of nitrogens with one attached hydrogen (secondary N) is 1. The Bertz CT molecular complexity index is 486. The molecule has 1 aromatic carbocycles. The number of rotatable bonds is 6. The SMILES string of the molecule is CCOCCCNc1nc2ccc(Br)cc2s1. The lowest BCUT2D eigenvalue weighted by Crippen LogP contribution is -2.05. The number of anilines is 1. The average Bonchev–Trinajstić information content (AvgIpc) is 2.70. The summed E-state index contributed by atoms with van der Waals surface area (Å²) in [6.07, 6.45) is 1.01. The van der Waals surface area contributed by atoms with Gasteiger partial charge in [-0.3, -0.25) is 0 Å². The third-order valence-electron chi connectivity index (χ3n) is 2.30. The van der Waals surface area contributed by atoms with Gasteiger partial charge in [-0.2, -0.15) is 0 Å². The van der Waals surface area contributed by atoms with Crippen LogP contribution in [0.1, 0.15) is 13.3 Å². The van der Waals surface area contributed by atoms with Crippen LogP contribution >= 0.6 is 27.3 Å². The van der Waals surface area contributed by atoms with Crippen molar-refractivity contribution in [2.45, 2.75) is 13.3 Å². The Kier molecular flexibility index (Phi) is 4.76. The Morgan fingerprint density at radius 3 is 3.18 bits per heavy atom. The van der Waals surface area contributed by atoms with Gasteiger partial charge < -0.3 is 10.1 Å². The van der Waals surface area contributed by atoms with E-state index >= 15 is 0 Å². The first-order chi connectivity index (χ1) is 8.29. The minimum Gasteiger partial charge on any atom is -0.382 e. The minimum atomic E-state index is 0.787. The molecule has 0 aliphatic rings. The number of ether oxygens (including phenoxy) is 1. The molecule has 0 bridgehead atoms. The topological polar surface area (TPSA) is 34.1 Å². The van der Waals surface area contributed by atoms with Crippen LogP contribution in [0.25, 0.3) is 10.2 Å². The molecule has 0 saturated carbocycles. The predicted molar refractivity (Wildman–Crippen MR) is 76.9 cm³/mol. The van der Waals surface area contributed by atoms with E-state index in [2.05, 4.69) is 32.3 Å². The second-order valence-corrected chi connectivity index (χ2v) is 5.55. The summed E-state index contributed by atoms with van der Waals surface area (Å²) in [6.45, 7) is 4.51. The first-order valence-corrected chi connectivity index (χ1v) is 7.28. The molecule has 0 spiro atoms. The highest BCUT2D eigenvalue weighted by atomic mass is 79.9. The lowest BCUT2D eigenvalue weighted by molar-refractivity contribution is 0.147. The van der Waals surface area contributed by atoms with Crippen molar-refractivity contribution in [3.05, 3.63) is 22.7 Å². The van der Waals surface area contributed by atoms with Gasteiger partial charge in [-0.15, -0.1) is 0 Å². The number of halogens is 1. The average molecular weight is 315 g/mol. The van der Waals surface area contributed by atoms with E-state index in [-0.39, 0.29) is 0 Å². The molecular formula is C12H15BrN2OS. The van der Waals surface area contributed by atoms with Gasteiger partial charge in [0.25, 0.3) is 0 Å². The normalized spacial score (nSPS) is 10.9. The molecule has 1 N–H and O–H groups in total. The van der Waals surface area contributed by atoms with Gasteiger partial charge in [0.05, 0.1) is 10.2 Å². The van der Waals surface area contributed by atoms with Gasteiger partial charge in [0, 0.05) is 24.2 Å². The van der Waals surface area contributed by atoms with Crippen molar-refractivity contribution in [3.63, 3.8) is 0 Å². The summed E-state index contributed by atoms with van der Waals surface area (Å²) in [6, 6.07) is 6.14. The molecule has 0 atom stereocenters. The molecule has 0 unspecified atom stereocenters. The van der Waals surface area contributed by atoms with Crippen molar-refractivity contribution in [2.75, 3.05) is 25.1 Å². The number of hydrogen-bond acceptors (Lipinski definition) is 4. The summed E-state index contributed by atoms with van der Waals surface area (Å²) < 4.78 is 7.58. The zero-order valence-electron chi connectivity index (χ0n) is 9.70. The molecule has 0 saturated heterocycles. The van der Waals surface area contributed by atoms with E-state index in [1.165, 1.54) is 4.70 Å². The summed E-state index contributed by atoms with van der Waals surface area (Å²) >= 11 is 5.15. The van der Waals surface area contributed by atoms with Crippen LogP contribution in [-0.2, 0) is 4.74 Å². The van der Waals surface area contributed by atoms with E-state index in [0.29, 0.717) is 0 Å².